The molecular formula is C21H33N3O4. The van der Waals surface area contributed by atoms with Crippen LogP contribution in [0.25, 0.3) is 0 Å². The third-order valence-corrected chi connectivity index (χ3v) is 5.32. The van der Waals surface area contributed by atoms with Crippen molar-refractivity contribution in [2.75, 3.05) is 60.0 Å². The standard InChI is InChI=1S/C21H33N3O4/c1-5-22(6-2)10-9-20(25)23-11-13-24(14-12-23)21(26)16-17-7-8-18(27-3)19(15-17)28-4/h7-8,15H,5-6,9-14,16H2,1-4H3. The molecule has 1 fully saturated rings. The van der Waals surface area contributed by atoms with Crippen molar-refractivity contribution in [1.29, 1.82) is 0 Å². The van der Waals surface area contributed by atoms with Gasteiger partial charge in [-0.3, -0.25) is 9.59 Å². The molecule has 0 unspecified atom stereocenters. The Balaban J connectivity index is 1.82. The Morgan fingerprint density at radius 3 is 2.04 bits per heavy atom. The molecule has 2 amide bonds. The van der Waals surface area contributed by atoms with Gasteiger partial charge in [-0.1, -0.05) is 19.9 Å². The molecule has 0 atom stereocenters. The van der Waals surface area contributed by atoms with Crippen molar-refractivity contribution in [2.45, 2.75) is 26.7 Å². The van der Waals surface area contributed by atoms with Crippen molar-refractivity contribution >= 4 is 11.8 Å². The summed E-state index contributed by atoms with van der Waals surface area (Å²) in [7, 11) is 3.17. The van der Waals surface area contributed by atoms with E-state index in [0.717, 1.165) is 25.2 Å². The summed E-state index contributed by atoms with van der Waals surface area (Å²) in [5.41, 5.74) is 0.889. The number of benzene rings is 1. The highest BCUT2D eigenvalue weighted by Crippen LogP contribution is 2.27. The SMILES string of the molecule is CCN(CC)CCC(=O)N1CCN(C(=O)Cc2ccc(OC)c(OC)c2)CC1. The van der Waals surface area contributed by atoms with E-state index in [9.17, 15) is 9.59 Å². The lowest BCUT2D eigenvalue weighted by molar-refractivity contribution is -0.139. The molecule has 1 saturated heterocycles. The van der Waals surface area contributed by atoms with Crippen LogP contribution in [0.15, 0.2) is 18.2 Å². The van der Waals surface area contributed by atoms with Crippen LogP contribution in [0.3, 0.4) is 0 Å². The van der Waals surface area contributed by atoms with Gasteiger partial charge in [-0.05, 0) is 30.8 Å². The van der Waals surface area contributed by atoms with E-state index < -0.39 is 0 Å². The highest BCUT2D eigenvalue weighted by Gasteiger charge is 2.24. The van der Waals surface area contributed by atoms with Crippen LogP contribution in [0, 0.1) is 0 Å². The maximum Gasteiger partial charge on any atom is 0.227 e. The second-order valence-corrected chi connectivity index (χ2v) is 6.90. The van der Waals surface area contributed by atoms with Gasteiger partial charge >= 0.3 is 0 Å². The summed E-state index contributed by atoms with van der Waals surface area (Å²) >= 11 is 0. The fourth-order valence-corrected chi connectivity index (χ4v) is 3.43. The minimum Gasteiger partial charge on any atom is -0.493 e. The van der Waals surface area contributed by atoms with Gasteiger partial charge in [0.05, 0.1) is 20.6 Å². The first-order chi connectivity index (χ1) is 13.5. The monoisotopic (exact) mass is 391 g/mol. The molecule has 1 aromatic rings. The van der Waals surface area contributed by atoms with Gasteiger partial charge in [0, 0.05) is 39.1 Å². The summed E-state index contributed by atoms with van der Waals surface area (Å²) in [5.74, 6) is 1.52. The van der Waals surface area contributed by atoms with Crippen molar-refractivity contribution in [3.8, 4) is 11.5 Å². The van der Waals surface area contributed by atoms with E-state index in [0.29, 0.717) is 50.5 Å². The Morgan fingerprint density at radius 2 is 1.50 bits per heavy atom. The Bertz CT molecular complexity index is 653. The van der Waals surface area contributed by atoms with Crippen LogP contribution in [0.2, 0.25) is 0 Å². The number of hydrogen-bond donors (Lipinski definition) is 0. The van der Waals surface area contributed by atoms with Crippen LogP contribution >= 0.6 is 0 Å². The Labute approximate surface area is 168 Å². The minimum absolute atomic E-state index is 0.0717. The van der Waals surface area contributed by atoms with Crippen molar-refractivity contribution in [2.24, 2.45) is 0 Å². The summed E-state index contributed by atoms with van der Waals surface area (Å²) in [6.07, 6.45) is 0.859. The summed E-state index contributed by atoms with van der Waals surface area (Å²) in [6.45, 7) is 9.32. The van der Waals surface area contributed by atoms with Crippen molar-refractivity contribution in [3.63, 3.8) is 0 Å². The van der Waals surface area contributed by atoms with E-state index in [-0.39, 0.29) is 11.8 Å². The van der Waals surface area contributed by atoms with Gasteiger partial charge in [-0.15, -0.1) is 0 Å². The van der Waals surface area contributed by atoms with Crippen LogP contribution in [-0.4, -0.2) is 86.5 Å². The van der Waals surface area contributed by atoms with Crippen LogP contribution in [-0.2, 0) is 16.0 Å². The maximum absolute atomic E-state index is 12.6. The van der Waals surface area contributed by atoms with Crippen LogP contribution in [0.4, 0.5) is 0 Å². The lowest BCUT2D eigenvalue weighted by Crippen LogP contribution is -2.51. The third kappa shape index (κ3) is 5.86. The molecule has 1 aromatic carbocycles. The Kier molecular flexibility index (Phi) is 8.57. The quantitative estimate of drug-likeness (QED) is 0.641. The number of methoxy groups -OCH3 is 2. The molecule has 1 aliphatic heterocycles. The van der Waals surface area contributed by atoms with E-state index in [1.807, 2.05) is 28.0 Å². The zero-order chi connectivity index (χ0) is 20.5. The summed E-state index contributed by atoms with van der Waals surface area (Å²) in [6, 6.07) is 5.53. The zero-order valence-electron chi connectivity index (χ0n) is 17.6. The van der Waals surface area contributed by atoms with Gasteiger partial charge in [-0.2, -0.15) is 0 Å². The van der Waals surface area contributed by atoms with E-state index in [2.05, 4.69) is 18.7 Å². The third-order valence-electron chi connectivity index (χ3n) is 5.32. The molecule has 0 aliphatic carbocycles. The van der Waals surface area contributed by atoms with E-state index in [1.165, 1.54) is 0 Å². The molecule has 0 spiro atoms. The van der Waals surface area contributed by atoms with Crippen LogP contribution in [0.1, 0.15) is 25.8 Å². The Morgan fingerprint density at radius 1 is 0.929 bits per heavy atom. The van der Waals surface area contributed by atoms with Gasteiger partial charge in [0.1, 0.15) is 0 Å². The molecule has 0 aromatic heterocycles. The average Bonchev–Trinajstić information content (AvgIpc) is 2.74. The fraction of sp³-hybridized carbons (Fsp3) is 0.619. The molecule has 0 bridgehead atoms. The minimum atomic E-state index is 0.0717. The second kappa shape index (κ2) is 10.9. The summed E-state index contributed by atoms with van der Waals surface area (Å²) in [4.78, 5) is 31.0. The molecule has 7 heteroatoms. The van der Waals surface area contributed by atoms with Gasteiger partial charge in [0.15, 0.2) is 11.5 Å². The van der Waals surface area contributed by atoms with E-state index in [1.54, 1.807) is 14.2 Å². The van der Waals surface area contributed by atoms with Gasteiger partial charge in [-0.25, -0.2) is 0 Å². The Hall–Kier alpha value is -2.28. The number of carbonyl (C=O) groups is 2. The summed E-state index contributed by atoms with van der Waals surface area (Å²) < 4.78 is 10.5. The molecule has 156 valence electrons. The van der Waals surface area contributed by atoms with Crippen molar-refractivity contribution < 1.29 is 19.1 Å². The number of rotatable bonds is 9. The maximum atomic E-state index is 12.6. The molecular weight excluding hydrogens is 358 g/mol. The topological polar surface area (TPSA) is 62.3 Å². The normalized spacial score (nSPS) is 14.3. The lowest BCUT2D eigenvalue weighted by atomic mass is 10.1. The molecule has 7 nitrogen and oxygen atoms in total. The van der Waals surface area contributed by atoms with Crippen molar-refractivity contribution in [1.82, 2.24) is 14.7 Å². The lowest BCUT2D eigenvalue weighted by Gasteiger charge is -2.35. The number of amides is 2. The molecule has 1 heterocycles. The first-order valence-corrected chi connectivity index (χ1v) is 10.0. The number of nitrogens with zero attached hydrogens (tertiary/aromatic N) is 3. The van der Waals surface area contributed by atoms with E-state index >= 15 is 0 Å². The number of hydrogen-bond acceptors (Lipinski definition) is 5. The van der Waals surface area contributed by atoms with Crippen LogP contribution < -0.4 is 9.47 Å². The highest BCUT2D eigenvalue weighted by molar-refractivity contribution is 5.80. The largest absolute Gasteiger partial charge is 0.493 e. The first-order valence-electron chi connectivity index (χ1n) is 10.0. The number of ether oxygens (including phenoxy) is 2. The highest BCUT2D eigenvalue weighted by atomic mass is 16.5. The van der Waals surface area contributed by atoms with Gasteiger partial charge in [0.25, 0.3) is 0 Å². The number of carbonyl (C=O) groups excluding carboxylic acids is 2. The second-order valence-electron chi connectivity index (χ2n) is 6.90. The van der Waals surface area contributed by atoms with Gasteiger partial charge < -0.3 is 24.2 Å². The molecule has 1 aliphatic rings. The molecule has 0 saturated carbocycles. The first kappa shape index (κ1) is 22.0. The van der Waals surface area contributed by atoms with Crippen molar-refractivity contribution in [3.05, 3.63) is 23.8 Å². The predicted molar refractivity (Wildman–Crippen MR) is 109 cm³/mol. The fourth-order valence-electron chi connectivity index (χ4n) is 3.43. The van der Waals surface area contributed by atoms with Gasteiger partial charge in [0.2, 0.25) is 11.8 Å². The average molecular weight is 392 g/mol. The molecule has 2 rings (SSSR count). The number of piperazine rings is 1. The molecule has 0 N–H and O–H groups in total. The molecule has 28 heavy (non-hydrogen) atoms. The zero-order valence-corrected chi connectivity index (χ0v) is 17.6. The molecule has 0 radical (unpaired) electrons. The summed E-state index contributed by atoms with van der Waals surface area (Å²) in [5, 5.41) is 0. The van der Waals surface area contributed by atoms with E-state index in [4.69, 9.17) is 9.47 Å². The predicted octanol–water partition coefficient (Wildman–Crippen LogP) is 1.65. The van der Waals surface area contributed by atoms with Crippen LogP contribution in [0.5, 0.6) is 11.5 Å². The smallest absolute Gasteiger partial charge is 0.227 e.